The smallest absolute Gasteiger partial charge is 0.310 e. The number of hydrogen-bond donors (Lipinski definition) is 2. The molecule has 2 atom stereocenters. The molecule has 0 saturated carbocycles. The lowest BCUT2D eigenvalue weighted by molar-refractivity contribution is -0.141. The Kier molecular flexibility index (Phi) is 2.97. The van der Waals surface area contributed by atoms with Gasteiger partial charge in [-0.3, -0.25) is 9.59 Å². The number of aliphatic carboxylic acids is 2. The van der Waals surface area contributed by atoms with Crippen LogP contribution in [0.3, 0.4) is 0 Å². The molecule has 4 heteroatoms. The standard InChI is InChI=1S/C13H16O4/c1-8(12(14)15)7-10-3-5-11(6-4-10)9(2)13(16)17/h3-6,8-9H,7H2,1-2H3,(H,14,15)(H,16,17)/i2D3. The summed E-state index contributed by atoms with van der Waals surface area (Å²) in [6.07, 6.45) is 0.307. The minimum Gasteiger partial charge on any atom is -0.481 e. The van der Waals surface area contributed by atoms with Crippen molar-refractivity contribution in [3.8, 4) is 0 Å². The van der Waals surface area contributed by atoms with E-state index >= 15 is 0 Å². The Morgan fingerprint density at radius 2 is 1.82 bits per heavy atom. The van der Waals surface area contributed by atoms with E-state index in [0.717, 1.165) is 5.56 Å². The van der Waals surface area contributed by atoms with Gasteiger partial charge in [-0.25, -0.2) is 0 Å². The maximum atomic E-state index is 11.1. The zero-order chi connectivity index (χ0) is 15.5. The Bertz CT molecular complexity index is 493. The molecule has 0 aromatic heterocycles. The Hall–Kier alpha value is -1.84. The van der Waals surface area contributed by atoms with Crippen LogP contribution in [0, 0.1) is 5.92 Å². The molecule has 0 amide bonds. The fraction of sp³-hybridized carbons (Fsp3) is 0.385. The highest BCUT2D eigenvalue weighted by Crippen LogP contribution is 2.17. The van der Waals surface area contributed by atoms with Gasteiger partial charge in [0.05, 0.1) is 11.8 Å². The number of benzene rings is 1. The van der Waals surface area contributed by atoms with Crippen molar-refractivity contribution in [1.29, 1.82) is 0 Å². The first kappa shape index (κ1) is 9.22. The zero-order valence-electron chi connectivity index (χ0n) is 12.4. The Morgan fingerprint density at radius 1 is 1.24 bits per heavy atom. The van der Waals surface area contributed by atoms with Gasteiger partial charge in [0.15, 0.2) is 0 Å². The van der Waals surface area contributed by atoms with Gasteiger partial charge in [-0.1, -0.05) is 31.2 Å². The van der Waals surface area contributed by atoms with Crippen molar-refractivity contribution in [3.63, 3.8) is 0 Å². The molecule has 17 heavy (non-hydrogen) atoms. The van der Waals surface area contributed by atoms with Gasteiger partial charge in [-0.15, -0.1) is 0 Å². The third-order valence-corrected chi connectivity index (χ3v) is 2.52. The van der Waals surface area contributed by atoms with E-state index in [0.29, 0.717) is 6.42 Å². The molecule has 0 heterocycles. The van der Waals surface area contributed by atoms with Crippen molar-refractivity contribution in [2.75, 3.05) is 0 Å². The number of carboxylic acids is 2. The lowest BCUT2D eigenvalue weighted by Gasteiger charge is -2.09. The SMILES string of the molecule is [2H]C([2H])([2H])C(C(=O)O)c1ccc(CC(C)C(=O)O)cc1. The van der Waals surface area contributed by atoms with Crippen LogP contribution < -0.4 is 0 Å². The van der Waals surface area contributed by atoms with E-state index in [1.54, 1.807) is 19.1 Å². The first-order valence-corrected chi connectivity index (χ1v) is 5.17. The Morgan fingerprint density at radius 3 is 2.24 bits per heavy atom. The third kappa shape index (κ3) is 3.59. The molecule has 92 valence electrons. The molecule has 4 nitrogen and oxygen atoms in total. The lowest BCUT2D eigenvalue weighted by atomic mass is 9.96. The van der Waals surface area contributed by atoms with E-state index in [9.17, 15) is 9.59 Å². The Labute approximate surface area is 104 Å². The second-order valence-corrected chi connectivity index (χ2v) is 3.96. The van der Waals surface area contributed by atoms with Crippen molar-refractivity contribution < 1.29 is 23.9 Å². The zero-order valence-corrected chi connectivity index (χ0v) is 9.38. The van der Waals surface area contributed by atoms with Gasteiger partial charge in [0.2, 0.25) is 0 Å². The highest BCUT2D eigenvalue weighted by Gasteiger charge is 2.14. The molecule has 0 saturated heterocycles. The second-order valence-electron chi connectivity index (χ2n) is 3.96. The highest BCUT2D eigenvalue weighted by atomic mass is 16.4. The van der Waals surface area contributed by atoms with E-state index in [1.165, 1.54) is 12.1 Å². The molecular formula is C13H16O4. The quantitative estimate of drug-likeness (QED) is 0.825. The van der Waals surface area contributed by atoms with Crippen molar-refractivity contribution >= 4 is 11.9 Å². The van der Waals surface area contributed by atoms with Crippen LogP contribution in [0.5, 0.6) is 0 Å². The summed E-state index contributed by atoms with van der Waals surface area (Å²) in [7, 11) is 0. The summed E-state index contributed by atoms with van der Waals surface area (Å²) >= 11 is 0. The van der Waals surface area contributed by atoms with Crippen LogP contribution in [-0.2, 0) is 16.0 Å². The molecule has 2 N–H and O–H groups in total. The number of rotatable bonds is 5. The molecule has 0 radical (unpaired) electrons. The lowest BCUT2D eigenvalue weighted by Crippen LogP contribution is -2.12. The summed E-state index contributed by atoms with van der Waals surface area (Å²) in [5, 5.41) is 17.8. The fourth-order valence-corrected chi connectivity index (χ4v) is 1.43. The topological polar surface area (TPSA) is 74.6 Å². The first-order chi connectivity index (χ1) is 9.12. The van der Waals surface area contributed by atoms with Gasteiger partial charge in [0.25, 0.3) is 0 Å². The normalized spacial score (nSPS) is 17.4. The molecule has 1 aromatic carbocycles. The summed E-state index contributed by atoms with van der Waals surface area (Å²) < 4.78 is 21.8. The van der Waals surface area contributed by atoms with E-state index in [-0.39, 0.29) is 5.56 Å². The van der Waals surface area contributed by atoms with Crippen molar-refractivity contribution in [2.24, 2.45) is 5.92 Å². The van der Waals surface area contributed by atoms with Crippen LogP contribution in [0.25, 0.3) is 0 Å². The Balaban J connectivity index is 2.95. The van der Waals surface area contributed by atoms with E-state index < -0.39 is 30.6 Å². The van der Waals surface area contributed by atoms with Crippen LogP contribution in [-0.4, -0.2) is 22.2 Å². The molecule has 0 aliphatic rings. The number of carbonyl (C=O) groups is 2. The van der Waals surface area contributed by atoms with Crippen molar-refractivity contribution in [2.45, 2.75) is 26.1 Å². The van der Waals surface area contributed by atoms with E-state index in [2.05, 4.69) is 0 Å². The van der Waals surface area contributed by atoms with Crippen LogP contribution in [0.2, 0.25) is 0 Å². The van der Waals surface area contributed by atoms with Gasteiger partial charge in [0.1, 0.15) is 0 Å². The van der Waals surface area contributed by atoms with E-state index in [4.69, 9.17) is 14.3 Å². The van der Waals surface area contributed by atoms with Crippen LogP contribution in [0.4, 0.5) is 0 Å². The van der Waals surface area contributed by atoms with Gasteiger partial charge in [-0.05, 0) is 24.4 Å². The molecule has 0 spiro atoms. The van der Waals surface area contributed by atoms with Crippen LogP contribution >= 0.6 is 0 Å². The molecule has 0 aliphatic carbocycles. The molecule has 0 fully saturated rings. The average molecular weight is 239 g/mol. The number of hydrogen-bond acceptors (Lipinski definition) is 2. The highest BCUT2D eigenvalue weighted by molar-refractivity contribution is 5.75. The second kappa shape index (κ2) is 5.48. The summed E-state index contributed by atoms with van der Waals surface area (Å²) in [4.78, 5) is 21.8. The summed E-state index contributed by atoms with van der Waals surface area (Å²) in [5.74, 6) is -4.45. The molecule has 0 aliphatic heterocycles. The van der Waals surface area contributed by atoms with Crippen molar-refractivity contribution in [3.05, 3.63) is 35.4 Å². The van der Waals surface area contributed by atoms with Crippen molar-refractivity contribution in [1.82, 2.24) is 0 Å². The third-order valence-electron chi connectivity index (χ3n) is 2.52. The van der Waals surface area contributed by atoms with Gasteiger partial charge in [-0.2, -0.15) is 0 Å². The minimum absolute atomic E-state index is 0.184. The maximum Gasteiger partial charge on any atom is 0.310 e. The average Bonchev–Trinajstić information content (AvgIpc) is 2.29. The van der Waals surface area contributed by atoms with Gasteiger partial charge < -0.3 is 10.2 Å². The summed E-state index contributed by atoms with van der Waals surface area (Å²) in [6.45, 7) is -1.06. The molecule has 1 aromatic rings. The maximum absolute atomic E-state index is 11.1. The largest absolute Gasteiger partial charge is 0.481 e. The molecule has 1 rings (SSSR count). The van der Waals surface area contributed by atoms with Gasteiger partial charge >= 0.3 is 11.9 Å². The van der Waals surface area contributed by atoms with Crippen LogP contribution in [0.15, 0.2) is 24.3 Å². The molecular weight excluding hydrogens is 220 g/mol. The monoisotopic (exact) mass is 239 g/mol. The fourth-order valence-electron chi connectivity index (χ4n) is 1.43. The predicted octanol–water partition coefficient (Wildman–Crippen LogP) is 2.14. The van der Waals surface area contributed by atoms with Gasteiger partial charge in [0, 0.05) is 4.11 Å². The van der Waals surface area contributed by atoms with Crippen LogP contribution in [0.1, 0.15) is 34.9 Å². The first-order valence-electron chi connectivity index (χ1n) is 6.67. The summed E-state index contributed by atoms with van der Waals surface area (Å²) in [6, 6.07) is 5.98. The molecule has 2 unspecified atom stereocenters. The number of carboxylic acid groups (broad SMARTS) is 2. The predicted molar refractivity (Wildman–Crippen MR) is 63.0 cm³/mol. The molecule has 0 bridgehead atoms. The summed E-state index contributed by atoms with van der Waals surface area (Å²) in [5.41, 5.74) is 0.905. The van der Waals surface area contributed by atoms with E-state index in [1.807, 2.05) is 0 Å². The minimum atomic E-state index is -2.62.